The second kappa shape index (κ2) is 10.4. The van der Waals surface area contributed by atoms with E-state index in [1.54, 1.807) is 45.9 Å². The summed E-state index contributed by atoms with van der Waals surface area (Å²) in [5, 5.41) is 20.4. The van der Waals surface area contributed by atoms with E-state index < -0.39 is 12.2 Å². The number of hydrogen-bond donors (Lipinski definition) is 3. The lowest BCUT2D eigenvalue weighted by atomic mass is 10.1. The van der Waals surface area contributed by atoms with E-state index in [1.165, 1.54) is 0 Å². The van der Waals surface area contributed by atoms with Crippen molar-refractivity contribution in [2.75, 3.05) is 11.9 Å². The lowest BCUT2D eigenvalue weighted by Crippen LogP contribution is -2.33. The van der Waals surface area contributed by atoms with Crippen LogP contribution in [-0.2, 0) is 9.53 Å². The number of aliphatic hydroxyl groups is 1. The summed E-state index contributed by atoms with van der Waals surface area (Å²) in [7, 11) is 0. The van der Waals surface area contributed by atoms with E-state index in [-0.39, 0.29) is 25.0 Å². The molecular formula is C21H25N5O5S. The number of carbonyl (C=O) groups is 2. The predicted molar refractivity (Wildman–Crippen MR) is 118 cm³/mol. The molecule has 32 heavy (non-hydrogen) atoms. The third kappa shape index (κ3) is 5.96. The molecule has 0 bridgehead atoms. The molecule has 1 amide bonds. The number of aromatic nitrogens is 3. The van der Waals surface area contributed by atoms with Gasteiger partial charge in [0.15, 0.2) is 5.13 Å². The summed E-state index contributed by atoms with van der Waals surface area (Å²) in [5.74, 6) is 0.134. The van der Waals surface area contributed by atoms with E-state index in [0.717, 1.165) is 11.3 Å². The Balaban J connectivity index is 1.56. The van der Waals surface area contributed by atoms with Gasteiger partial charge in [0.05, 0.1) is 12.3 Å². The number of nitrogens with zero attached hydrogens (tertiary/aromatic N) is 3. The maximum absolute atomic E-state index is 12.4. The van der Waals surface area contributed by atoms with E-state index in [0.29, 0.717) is 38.5 Å². The fourth-order valence-corrected chi connectivity index (χ4v) is 3.85. The second-order valence-corrected chi connectivity index (χ2v) is 8.14. The maximum Gasteiger partial charge on any atom is 0.350 e. The Morgan fingerprint density at radius 2 is 2.06 bits per heavy atom. The van der Waals surface area contributed by atoms with E-state index in [9.17, 15) is 14.7 Å². The highest BCUT2D eigenvalue weighted by Crippen LogP contribution is 2.24. The van der Waals surface area contributed by atoms with Gasteiger partial charge in [-0.1, -0.05) is 34.7 Å². The highest BCUT2D eigenvalue weighted by Gasteiger charge is 2.19. The van der Waals surface area contributed by atoms with Crippen LogP contribution in [0.25, 0.3) is 11.4 Å². The molecule has 3 N–H and O–H groups in total. The average Bonchev–Trinajstić information content (AvgIpc) is 3.33. The number of ether oxygens (including phenoxy) is 1. The first-order chi connectivity index (χ1) is 15.3. The molecule has 0 aliphatic carbocycles. The van der Waals surface area contributed by atoms with E-state index >= 15 is 0 Å². The highest BCUT2D eigenvalue weighted by atomic mass is 32.1. The van der Waals surface area contributed by atoms with Gasteiger partial charge in [-0.15, -0.1) is 0 Å². The average molecular weight is 460 g/mol. The molecule has 2 aromatic heterocycles. The number of nitrogens with one attached hydrogen (secondary N) is 2. The molecule has 0 aliphatic rings. The molecule has 3 rings (SSSR count). The zero-order valence-corrected chi connectivity index (χ0v) is 19.0. The molecule has 11 heteroatoms. The topological polar surface area (TPSA) is 139 Å². The van der Waals surface area contributed by atoms with Crippen molar-refractivity contribution in [1.82, 2.24) is 20.4 Å². The second-order valence-electron chi connectivity index (χ2n) is 7.14. The first kappa shape index (κ1) is 23.5. The molecule has 0 radical (unpaired) electrons. The Morgan fingerprint density at radius 1 is 1.28 bits per heavy atom. The minimum atomic E-state index is -0.997. The van der Waals surface area contributed by atoms with Gasteiger partial charge in [-0.05, 0) is 32.4 Å². The van der Waals surface area contributed by atoms with Crippen molar-refractivity contribution >= 4 is 28.3 Å². The number of aliphatic hydroxyl groups excluding tert-OH is 1. The number of carbonyl (C=O) groups excluding carboxylic acids is 2. The quantitative estimate of drug-likeness (QED) is 0.325. The third-order valence-corrected chi connectivity index (χ3v) is 5.48. The molecule has 1 aromatic carbocycles. The SMILES string of the molecule is CCOC(=O)c1sc(NC(=O)C[C@@H](C)NC(O)c2cccc(-c3noc(C)n3)c2)nc1C. The fourth-order valence-electron chi connectivity index (χ4n) is 2.97. The smallest absolute Gasteiger partial charge is 0.350 e. The van der Waals surface area contributed by atoms with Crippen LogP contribution in [0.15, 0.2) is 28.8 Å². The molecule has 0 spiro atoms. The molecule has 1 unspecified atom stereocenters. The number of anilines is 1. The Hall–Kier alpha value is -3.15. The van der Waals surface area contributed by atoms with E-state index in [1.807, 2.05) is 6.07 Å². The molecule has 3 aromatic rings. The Kier molecular flexibility index (Phi) is 7.67. The van der Waals surface area contributed by atoms with Gasteiger partial charge in [0.1, 0.15) is 11.1 Å². The number of rotatable bonds is 9. The normalized spacial score (nSPS) is 12.9. The fraction of sp³-hybridized carbons (Fsp3) is 0.381. The van der Waals surface area contributed by atoms with Crippen molar-refractivity contribution in [1.29, 1.82) is 0 Å². The molecule has 0 aliphatic heterocycles. The van der Waals surface area contributed by atoms with Crippen LogP contribution in [0.3, 0.4) is 0 Å². The van der Waals surface area contributed by atoms with Crippen molar-refractivity contribution in [3.63, 3.8) is 0 Å². The summed E-state index contributed by atoms with van der Waals surface area (Å²) < 4.78 is 9.98. The lowest BCUT2D eigenvalue weighted by molar-refractivity contribution is -0.116. The molecule has 0 saturated carbocycles. The van der Waals surface area contributed by atoms with Gasteiger partial charge in [0.2, 0.25) is 17.6 Å². The summed E-state index contributed by atoms with van der Waals surface area (Å²) in [6.07, 6.45) is -0.906. The number of amides is 1. The molecule has 0 saturated heterocycles. The Labute approximate surface area is 189 Å². The van der Waals surface area contributed by atoms with Gasteiger partial charge in [-0.25, -0.2) is 9.78 Å². The molecule has 10 nitrogen and oxygen atoms in total. The van der Waals surface area contributed by atoms with Gasteiger partial charge < -0.3 is 19.7 Å². The number of aryl methyl sites for hydroxylation is 2. The molecule has 2 atom stereocenters. The number of benzene rings is 1. The minimum absolute atomic E-state index is 0.0914. The van der Waals surface area contributed by atoms with Crippen molar-refractivity contribution in [3.8, 4) is 11.4 Å². The van der Waals surface area contributed by atoms with Crippen LogP contribution in [-0.4, -0.2) is 44.8 Å². The van der Waals surface area contributed by atoms with Crippen LogP contribution in [0, 0.1) is 13.8 Å². The summed E-state index contributed by atoms with van der Waals surface area (Å²) in [5.41, 5.74) is 1.82. The van der Waals surface area contributed by atoms with Gasteiger partial charge in [0.25, 0.3) is 0 Å². The van der Waals surface area contributed by atoms with Crippen LogP contribution in [0.1, 0.15) is 53.3 Å². The Morgan fingerprint density at radius 3 is 2.75 bits per heavy atom. The highest BCUT2D eigenvalue weighted by molar-refractivity contribution is 7.17. The molecule has 0 fully saturated rings. The molecular weight excluding hydrogens is 434 g/mol. The monoisotopic (exact) mass is 459 g/mol. The van der Waals surface area contributed by atoms with E-state index in [4.69, 9.17) is 9.26 Å². The van der Waals surface area contributed by atoms with Gasteiger partial charge in [-0.2, -0.15) is 4.98 Å². The van der Waals surface area contributed by atoms with Crippen LogP contribution in [0.2, 0.25) is 0 Å². The Bertz CT molecular complexity index is 1100. The minimum Gasteiger partial charge on any atom is -0.462 e. The van der Waals surface area contributed by atoms with Crippen LogP contribution in [0.4, 0.5) is 5.13 Å². The standard InChI is InChI=1S/C21H25N5O5S/c1-5-30-20(29)17-12(3)23-21(32-17)25-16(27)9-11(2)22-19(28)15-8-6-7-14(10-15)18-24-13(4)31-26-18/h6-8,10-11,19,22,28H,5,9H2,1-4H3,(H,23,25,27)/t11-,19?/m1/s1. The number of hydrogen-bond acceptors (Lipinski definition) is 10. The molecule has 170 valence electrons. The van der Waals surface area contributed by atoms with Crippen molar-refractivity contribution in [3.05, 3.63) is 46.3 Å². The van der Waals surface area contributed by atoms with Crippen molar-refractivity contribution in [2.24, 2.45) is 0 Å². The van der Waals surface area contributed by atoms with Crippen LogP contribution >= 0.6 is 11.3 Å². The third-order valence-electron chi connectivity index (χ3n) is 4.43. The van der Waals surface area contributed by atoms with Crippen molar-refractivity contribution in [2.45, 2.75) is 46.4 Å². The van der Waals surface area contributed by atoms with Gasteiger partial charge >= 0.3 is 5.97 Å². The summed E-state index contributed by atoms with van der Waals surface area (Å²) >= 11 is 1.07. The number of esters is 1. The summed E-state index contributed by atoms with van der Waals surface area (Å²) in [6, 6.07) is 6.77. The zero-order valence-electron chi connectivity index (χ0n) is 18.2. The summed E-state index contributed by atoms with van der Waals surface area (Å²) in [6.45, 7) is 7.16. The van der Waals surface area contributed by atoms with Gasteiger partial charge in [0, 0.05) is 24.9 Å². The summed E-state index contributed by atoms with van der Waals surface area (Å²) in [4.78, 5) is 33.0. The zero-order chi connectivity index (χ0) is 23.3. The van der Waals surface area contributed by atoms with Crippen LogP contribution < -0.4 is 10.6 Å². The molecule has 2 heterocycles. The predicted octanol–water partition coefficient (Wildman–Crippen LogP) is 2.98. The number of thiazole rings is 1. The maximum atomic E-state index is 12.4. The largest absolute Gasteiger partial charge is 0.462 e. The van der Waals surface area contributed by atoms with E-state index in [2.05, 4.69) is 25.8 Å². The van der Waals surface area contributed by atoms with Crippen LogP contribution in [0.5, 0.6) is 0 Å². The lowest BCUT2D eigenvalue weighted by Gasteiger charge is -2.19. The van der Waals surface area contributed by atoms with Crippen molar-refractivity contribution < 1.29 is 24.0 Å². The first-order valence-corrected chi connectivity index (χ1v) is 10.9. The van der Waals surface area contributed by atoms with Gasteiger partial charge in [-0.3, -0.25) is 10.1 Å². The first-order valence-electron chi connectivity index (χ1n) is 10.1.